The van der Waals surface area contributed by atoms with Crippen LogP contribution >= 0.6 is 15.9 Å². The topological polar surface area (TPSA) is 55.1 Å². The van der Waals surface area contributed by atoms with Crippen molar-refractivity contribution in [3.05, 3.63) is 64.0 Å². The maximum absolute atomic E-state index is 12.2. The number of halogens is 1. The van der Waals surface area contributed by atoms with Crippen molar-refractivity contribution in [1.82, 2.24) is 10.5 Å². The molecule has 0 fully saturated rings. The average molecular weight is 345 g/mol. The Hall–Kier alpha value is -2.14. The quantitative estimate of drug-likeness (QED) is 0.785. The molecule has 0 radical (unpaired) electrons. The van der Waals surface area contributed by atoms with Gasteiger partial charge in [0.05, 0.1) is 6.54 Å². The van der Waals surface area contributed by atoms with E-state index < -0.39 is 0 Å². The summed E-state index contributed by atoms with van der Waals surface area (Å²) in [6.45, 7) is 2.17. The third-order valence-electron chi connectivity index (χ3n) is 3.17. The van der Waals surface area contributed by atoms with Crippen molar-refractivity contribution in [2.45, 2.75) is 13.5 Å². The number of carbonyl (C=O) groups is 1. The first-order valence-electron chi connectivity index (χ1n) is 6.51. The predicted molar refractivity (Wildman–Crippen MR) is 84.1 cm³/mol. The summed E-state index contributed by atoms with van der Waals surface area (Å²) in [5.41, 5.74) is 1.34. The molecule has 0 saturated heterocycles. The molecule has 0 spiro atoms. The van der Waals surface area contributed by atoms with Crippen LogP contribution in [0.15, 0.2) is 51.5 Å². The molecule has 5 heteroatoms. The second-order valence-electron chi connectivity index (χ2n) is 4.82. The lowest BCUT2D eigenvalue weighted by Gasteiger charge is -2.05. The Morgan fingerprint density at radius 3 is 2.71 bits per heavy atom. The number of fused-ring (bicyclic) bond motifs is 1. The first kappa shape index (κ1) is 13.8. The van der Waals surface area contributed by atoms with Gasteiger partial charge < -0.3 is 9.84 Å². The van der Waals surface area contributed by atoms with Crippen LogP contribution in [-0.4, -0.2) is 11.1 Å². The van der Waals surface area contributed by atoms with E-state index >= 15 is 0 Å². The van der Waals surface area contributed by atoms with Gasteiger partial charge in [-0.25, -0.2) is 0 Å². The van der Waals surface area contributed by atoms with Crippen LogP contribution in [0.25, 0.3) is 10.8 Å². The van der Waals surface area contributed by atoms with E-state index in [1.54, 1.807) is 6.07 Å². The summed E-state index contributed by atoms with van der Waals surface area (Å²) in [6, 6.07) is 13.4. The summed E-state index contributed by atoms with van der Waals surface area (Å²) in [5, 5.41) is 8.80. The SMILES string of the molecule is Cc1cc(CNC(=O)c2ccc3cc(Br)ccc3c2)no1. The zero-order chi connectivity index (χ0) is 14.8. The molecule has 0 aliphatic rings. The van der Waals surface area contributed by atoms with E-state index in [2.05, 4.69) is 26.4 Å². The molecule has 3 rings (SSSR count). The van der Waals surface area contributed by atoms with Crippen LogP contribution in [0.5, 0.6) is 0 Å². The summed E-state index contributed by atoms with van der Waals surface area (Å²) in [7, 11) is 0. The van der Waals surface area contributed by atoms with Crippen molar-refractivity contribution in [3.8, 4) is 0 Å². The number of nitrogens with one attached hydrogen (secondary N) is 1. The van der Waals surface area contributed by atoms with E-state index in [1.165, 1.54) is 0 Å². The molecule has 4 nitrogen and oxygen atoms in total. The minimum atomic E-state index is -0.125. The van der Waals surface area contributed by atoms with Gasteiger partial charge in [-0.15, -0.1) is 0 Å². The van der Waals surface area contributed by atoms with Crippen molar-refractivity contribution in [3.63, 3.8) is 0 Å². The smallest absolute Gasteiger partial charge is 0.251 e. The molecule has 0 bridgehead atoms. The first-order valence-corrected chi connectivity index (χ1v) is 7.31. The first-order chi connectivity index (χ1) is 10.1. The normalized spacial score (nSPS) is 10.8. The molecule has 21 heavy (non-hydrogen) atoms. The minimum absolute atomic E-state index is 0.125. The molecule has 1 N–H and O–H groups in total. The molecule has 0 aliphatic heterocycles. The Bertz CT molecular complexity index is 811. The molecule has 0 aliphatic carbocycles. The van der Waals surface area contributed by atoms with Gasteiger partial charge in [0.15, 0.2) is 0 Å². The molecule has 3 aromatic rings. The molecule has 1 heterocycles. The summed E-state index contributed by atoms with van der Waals surface area (Å²) in [4.78, 5) is 12.2. The maximum atomic E-state index is 12.2. The lowest BCUT2D eigenvalue weighted by atomic mass is 10.1. The number of hydrogen-bond donors (Lipinski definition) is 1. The third kappa shape index (κ3) is 3.13. The largest absolute Gasteiger partial charge is 0.361 e. The highest BCUT2D eigenvalue weighted by Gasteiger charge is 2.08. The fraction of sp³-hybridized carbons (Fsp3) is 0.125. The Morgan fingerprint density at radius 1 is 1.19 bits per heavy atom. The van der Waals surface area contributed by atoms with E-state index in [-0.39, 0.29) is 5.91 Å². The number of amides is 1. The van der Waals surface area contributed by atoms with Crippen LogP contribution < -0.4 is 5.32 Å². The molecular formula is C16H13BrN2O2. The standard InChI is InChI=1S/C16H13BrN2O2/c1-10-6-15(19-21-10)9-18-16(20)13-3-2-12-8-14(17)5-4-11(12)7-13/h2-8H,9H2,1H3,(H,18,20). The van der Waals surface area contributed by atoms with Crippen LogP contribution in [0.1, 0.15) is 21.8 Å². The van der Waals surface area contributed by atoms with Crippen molar-refractivity contribution in [1.29, 1.82) is 0 Å². The van der Waals surface area contributed by atoms with Crippen LogP contribution in [0.3, 0.4) is 0 Å². The Kier molecular flexibility index (Phi) is 3.75. The fourth-order valence-electron chi connectivity index (χ4n) is 2.13. The monoisotopic (exact) mass is 344 g/mol. The maximum Gasteiger partial charge on any atom is 0.251 e. The summed E-state index contributed by atoms with van der Waals surface area (Å²) >= 11 is 3.44. The van der Waals surface area contributed by atoms with Gasteiger partial charge in [-0.1, -0.05) is 33.2 Å². The summed E-state index contributed by atoms with van der Waals surface area (Å²) in [5.74, 6) is 0.607. The third-order valence-corrected chi connectivity index (χ3v) is 3.66. The van der Waals surface area contributed by atoms with E-state index in [4.69, 9.17) is 4.52 Å². The van der Waals surface area contributed by atoms with Gasteiger partial charge in [-0.05, 0) is 42.0 Å². The van der Waals surface area contributed by atoms with E-state index in [0.717, 1.165) is 21.0 Å². The Morgan fingerprint density at radius 2 is 1.95 bits per heavy atom. The van der Waals surface area contributed by atoms with Crippen LogP contribution in [0, 0.1) is 6.92 Å². The van der Waals surface area contributed by atoms with E-state index in [0.29, 0.717) is 17.8 Å². The molecule has 0 unspecified atom stereocenters. The van der Waals surface area contributed by atoms with Gasteiger partial charge in [0.2, 0.25) is 0 Å². The lowest BCUT2D eigenvalue weighted by molar-refractivity contribution is 0.0950. The van der Waals surface area contributed by atoms with E-state index in [9.17, 15) is 4.79 Å². The number of aromatic nitrogens is 1. The van der Waals surface area contributed by atoms with Gasteiger partial charge in [0.1, 0.15) is 11.5 Å². The van der Waals surface area contributed by atoms with Crippen LogP contribution in [0.4, 0.5) is 0 Å². The van der Waals surface area contributed by atoms with Gasteiger partial charge in [0.25, 0.3) is 5.91 Å². The fourth-order valence-corrected chi connectivity index (χ4v) is 2.51. The second kappa shape index (κ2) is 5.69. The van der Waals surface area contributed by atoms with Gasteiger partial charge in [0, 0.05) is 16.1 Å². The van der Waals surface area contributed by atoms with Gasteiger partial charge in [-0.3, -0.25) is 4.79 Å². The van der Waals surface area contributed by atoms with Crippen molar-refractivity contribution in [2.75, 3.05) is 0 Å². The molecule has 0 saturated carbocycles. The number of nitrogens with zero attached hydrogens (tertiary/aromatic N) is 1. The Balaban J connectivity index is 1.76. The Labute approximate surface area is 130 Å². The molecule has 2 aromatic carbocycles. The van der Waals surface area contributed by atoms with Crippen LogP contribution in [-0.2, 0) is 6.54 Å². The number of rotatable bonds is 3. The van der Waals surface area contributed by atoms with Crippen molar-refractivity contribution in [2.24, 2.45) is 0 Å². The number of benzene rings is 2. The van der Waals surface area contributed by atoms with Gasteiger partial charge >= 0.3 is 0 Å². The lowest BCUT2D eigenvalue weighted by Crippen LogP contribution is -2.22. The zero-order valence-electron chi connectivity index (χ0n) is 11.4. The van der Waals surface area contributed by atoms with Crippen LogP contribution in [0.2, 0.25) is 0 Å². The second-order valence-corrected chi connectivity index (χ2v) is 5.73. The number of carbonyl (C=O) groups excluding carboxylic acids is 1. The zero-order valence-corrected chi connectivity index (χ0v) is 13.0. The highest BCUT2D eigenvalue weighted by Crippen LogP contribution is 2.21. The highest BCUT2D eigenvalue weighted by molar-refractivity contribution is 9.10. The highest BCUT2D eigenvalue weighted by atomic mass is 79.9. The molecular weight excluding hydrogens is 332 g/mol. The molecule has 0 atom stereocenters. The molecule has 1 amide bonds. The summed E-state index contributed by atoms with van der Waals surface area (Å²) in [6.07, 6.45) is 0. The average Bonchev–Trinajstić information content (AvgIpc) is 2.90. The minimum Gasteiger partial charge on any atom is -0.361 e. The number of hydrogen-bond acceptors (Lipinski definition) is 3. The molecule has 1 aromatic heterocycles. The number of aryl methyl sites for hydroxylation is 1. The van der Waals surface area contributed by atoms with Crippen molar-refractivity contribution < 1.29 is 9.32 Å². The summed E-state index contributed by atoms with van der Waals surface area (Å²) < 4.78 is 5.99. The van der Waals surface area contributed by atoms with Crippen molar-refractivity contribution >= 4 is 32.6 Å². The van der Waals surface area contributed by atoms with E-state index in [1.807, 2.05) is 43.3 Å². The van der Waals surface area contributed by atoms with Gasteiger partial charge in [-0.2, -0.15) is 0 Å². The molecule has 106 valence electrons. The predicted octanol–water partition coefficient (Wildman–Crippen LogP) is 3.83.